The Bertz CT molecular complexity index is 378. The van der Waals surface area contributed by atoms with Crippen LogP contribution in [0.2, 0.25) is 0 Å². The predicted molar refractivity (Wildman–Crippen MR) is 69.3 cm³/mol. The Hall–Kier alpha value is -1.56. The smallest absolute Gasteiger partial charge is 0.0774 e. The van der Waals surface area contributed by atoms with E-state index in [1.165, 1.54) is 6.08 Å². The van der Waals surface area contributed by atoms with Gasteiger partial charge in [0.05, 0.1) is 12.2 Å². The third-order valence-corrected chi connectivity index (χ3v) is 2.82. The van der Waals surface area contributed by atoms with Gasteiger partial charge in [-0.15, -0.1) is 18.9 Å². The maximum atomic E-state index is 9.92. The monoisotopic (exact) mass is 230 g/mol. The second kappa shape index (κ2) is 6.90. The van der Waals surface area contributed by atoms with Gasteiger partial charge < -0.3 is 10.2 Å². The molecule has 0 saturated carbocycles. The standard InChI is InChI=1S/C15H18O2/c1-3-8-15(17)13(14(16)4-2)11-12-9-6-5-7-10-12/h1,4-7,9-10,13-17H,2,8,11H2/t13-,14+,15+/m0/s1. The highest BCUT2D eigenvalue weighted by atomic mass is 16.3. The van der Waals surface area contributed by atoms with Crippen molar-refractivity contribution in [1.29, 1.82) is 0 Å². The molecular weight excluding hydrogens is 212 g/mol. The minimum atomic E-state index is -0.751. The van der Waals surface area contributed by atoms with Gasteiger partial charge in [-0.2, -0.15) is 0 Å². The van der Waals surface area contributed by atoms with Crippen molar-refractivity contribution in [3.05, 3.63) is 48.6 Å². The van der Waals surface area contributed by atoms with Crippen LogP contribution in [0.15, 0.2) is 43.0 Å². The molecule has 0 aromatic heterocycles. The molecule has 2 N–H and O–H groups in total. The first-order chi connectivity index (χ1) is 8.19. The fraction of sp³-hybridized carbons (Fsp3) is 0.333. The fourth-order valence-corrected chi connectivity index (χ4v) is 1.82. The highest BCUT2D eigenvalue weighted by Gasteiger charge is 2.24. The first-order valence-electron chi connectivity index (χ1n) is 5.65. The Morgan fingerprint density at radius 3 is 2.47 bits per heavy atom. The summed E-state index contributed by atoms with van der Waals surface area (Å²) in [6.07, 6.45) is 5.98. The van der Waals surface area contributed by atoms with Crippen LogP contribution in [0.4, 0.5) is 0 Å². The molecular formula is C15H18O2. The van der Waals surface area contributed by atoms with Gasteiger partial charge in [-0.3, -0.25) is 0 Å². The maximum absolute atomic E-state index is 9.92. The Kier molecular flexibility index (Phi) is 5.48. The van der Waals surface area contributed by atoms with Crippen LogP contribution in [0.3, 0.4) is 0 Å². The van der Waals surface area contributed by atoms with Gasteiger partial charge in [-0.05, 0) is 12.0 Å². The topological polar surface area (TPSA) is 40.5 Å². The number of aliphatic hydroxyl groups excluding tert-OH is 2. The predicted octanol–water partition coefficient (Wildman–Crippen LogP) is 1.78. The SMILES string of the molecule is C#CC[C@@H](O)[C@@H](Cc1ccccc1)[C@H](O)C=C. The highest BCUT2D eigenvalue weighted by Crippen LogP contribution is 2.19. The molecule has 1 rings (SSSR count). The molecule has 0 aliphatic rings. The van der Waals surface area contributed by atoms with E-state index in [0.717, 1.165) is 5.56 Å². The zero-order valence-electron chi connectivity index (χ0n) is 9.79. The number of hydrogen-bond acceptors (Lipinski definition) is 2. The van der Waals surface area contributed by atoms with Gasteiger partial charge >= 0.3 is 0 Å². The van der Waals surface area contributed by atoms with E-state index in [9.17, 15) is 10.2 Å². The lowest BCUT2D eigenvalue weighted by Crippen LogP contribution is -2.32. The summed E-state index contributed by atoms with van der Waals surface area (Å²) in [5.74, 6) is 2.10. The average molecular weight is 230 g/mol. The van der Waals surface area contributed by atoms with E-state index in [1.54, 1.807) is 0 Å². The molecule has 1 aromatic rings. The fourth-order valence-electron chi connectivity index (χ4n) is 1.82. The Balaban J connectivity index is 2.77. The van der Waals surface area contributed by atoms with Crippen LogP contribution >= 0.6 is 0 Å². The van der Waals surface area contributed by atoms with Crippen molar-refractivity contribution in [3.63, 3.8) is 0 Å². The van der Waals surface area contributed by atoms with Crippen LogP contribution in [0.1, 0.15) is 12.0 Å². The van der Waals surface area contributed by atoms with E-state index in [-0.39, 0.29) is 12.3 Å². The molecule has 0 spiro atoms. The Morgan fingerprint density at radius 1 is 1.29 bits per heavy atom. The molecule has 0 fully saturated rings. The Labute approximate surface area is 103 Å². The second-order valence-electron chi connectivity index (χ2n) is 4.06. The summed E-state index contributed by atoms with van der Waals surface area (Å²) >= 11 is 0. The second-order valence-corrected chi connectivity index (χ2v) is 4.06. The van der Waals surface area contributed by atoms with Crippen molar-refractivity contribution in [2.45, 2.75) is 25.0 Å². The van der Waals surface area contributed by atoms with E-state index < -0.39 is 12.2 Å². The van der Waals surface area contributed by atoms with Crippen molar-refractivity contribution in [2.24, 2.45) is 5.92 Å². The minimum absolute atomic E-state index is 0.238. The van der Waals surface area contributed by atoms with Crippen molar-refractivity contribution in [3.8, 4) is 12.3 Å². The third kappa shape index (κ3) is 4.07. The molecule has 0 unspecified atom stereocenters. The molecule has 2 nitrogen and oxygen atoms in total. The normalized spacial score (nSPS) is 15.6. The molecule has 0 radical (unpaired) electrons. The zero-order valence-corrected chi connectivity index (χ0v) is 9.79. The van der Waals surface area contributed by atoms with Crippen LogP contribution in [0.5, 0.6) is 0 Å². The first-order valence-corrected chi connectivity index (χ1v) is 5.65. The molecule has 0 heterocycles. The third-order valence-electron chi connectivity index (χ3n) is 2.82. The van der Waals surface area contributed by atoms with E-state index >= 15 is 0 Å². The number of terminal acetylenes is 1. The van der Waals surface area contributed by atoms with Gasteiger partial charge in [0.1, 0.15) is 0 Å². The lowest BCUT2D eigenvalue weighted by atomic mass is 9.87. The quantitative estimate of drug-likeness (QED) is 0.577. The molecule has 90 valence electrons. The summed E-state index contributed by atoms with van der Waals surface area (Å²) in [4.78, 5) is 0. The molecule has 3 atom stereocenters. The van der Waals surface area contributed by atoms with Gasteiger partial charge in [0, 0.05) is 12.3 Å². The highest BCUT2D eigenvalue weighted by molar-refractivity contribution is 5.16. The summed E-state index contributed by atoms with van der Waals surface area (Å²) in [6.45, 7) is 3.55. The van der Waals surface area contributed by atoms with E-state index in [2.05, 4.69) is 12.5 Å². The van der Waals surface area contributed by atoms with E-state index in [4.69, 9.17) is 6.42 Å². The number of benzene rings is 1. The lowest BCUT2D eigenvalue weighted by molar-refractivity contribution is 0.0385. The first kappa shape index (κ1) is 13.5. The molecule has 0 bridgehead atoms. The van der Waals surface area contributed by atoms with Gasteiger partial charge in [0.2, 0.25) is 0 Å². The van der Waals surface area contributed by atoms with Gasteiger partial charge in [0.25, 0.3) is 0 Å². The minimum Gasteiger partial charge on any atom is -0.392 e. The van der Waals surface area contributed by atoms with Crippen molar-refractivity contribution in [1.82, 2.24) is 0 Å². The summed E-state index contributed by atoms with van der Waals surface area (Å²) in [5, 5.41) is 19.8. The van der Waals surface area contributed by atoms with Crippen LogP contribution in [0.25, 0.3) is 0 Å². The molecule has 17 heavy (non-hydrogen) atoms. The summed E-state index contributed by atoms with van der Waals surface area (Å²) in [6, 6.07) is 9.72. The summed E-state index contributed by atoms with van der Waals surface area (Å²) in [7, 11) is 0. The molecule has 2 heteroatoms. The molecule has 0 aliphatic carbocycles. The summed E-state index contributed by atoms with van der Waals surface area (Å²) < 4.78 is 0. The molecule has 1 aromatic carbocycles. The van der Waals surface area contributed by atoms with Gasteiger partial charge in [-0.1, -0.05) is 36.4 Å². The van der Waals surface area contributed by atoms with Crippen LogP contribution in [-0.4, -0.2) is 22.4 Å². The van der Waals surface area contributed by atoms with Crippen LogP contribution in [-0.2, 0) is 6.42 Å². The molecule has 0 saturated heterocycles. The largest absolute Gasteiger partial charge is 0.392 e. The molecule has 0 aliphatic heterocycles. The Morgan fingerprint density at radius 2 is 1.94 bits per heavy atom. The summed E-state index contributed by atoms with van der Waals surface area (Å²) in [5.41, 5.74) is 1.06. The van der Waals surface area contributed by atoms with Crippen LogP contribution in [0, 0.1) is 18.3 Å². The zero-order chi connectivity index (χ0) is 12.7. The maximum Gasteiger partial charge on any atom is 0.0774 e. The van der Waals surface area contributed by atoms with Gasteiger partial charge in [-0.25, -0.2) is 0 Å². The molecule has 0 amide bonds. The number of rotatable bonds is 6. The average Bonchev–Trinajstić information content (AvgIpc) is 2.36. The van der Waals surface area contributed by atoms with Gasteiger partial charge in [0.15, 0.2) is 0 Å². The van der Waals surface area contributed by atoms with Crippen molar-refractivity contribution < 1.29 is 10.2 Å². The van der Waals surface area contributed by atoms with Crippen molar-refractivity contribution >= 4 is 0 Å². The van der Waals surface area contributed by atoms with Crippen LogP contribution < -0.4 is 0 Å². The van der Waals surface area contributed by atoms with Crippen molar-refractivity contribution in [2.75, 3.05) is 0 Å². The lowest BCUT2D eigenvalue weighted by Gasteiger charge is -2.24. The number of hydrogen-bond donors (Lipinski definition) is 2. The number of aliphatic hydroxyl groups is 2. The van der Waals surface area contributed by atoms with E-state index in [1.807, 2.05) is 30.3 Å². The van der Waals surface area contributed by atoms with E-state index in [0.29, 0.717) is 6.42 Å².